The zero-order valence-electron chi connectivity index (χ0n) is 22.0. The van der Waals surface area contributed by atoms with Gasteiger partial charge in [-0.3, -0.25) is 9.11 Å². The molecule has 0 bridgehead atoms. The van der Waals surface area contributed by atoms with Gasteiger partial charge < -0.3 is 14.9 Å². The standard InChI is InChI=1S/C23H24FN5.2CH4O3S/c1-14(2)13-29-19-12-16(7-10-18(19)26-23(29)25)22-21(15-5-8-17(24)9-6-15)27-20-4-3-11-28(20)22;2*1-5(2,3)4/h5-10,12,14H,3-4,11,13H2,1-2H3,(H2,25,26);2*1H3,(H,2,3,4). The van der Waals surface area contributed by atoms with Crippen LogP contribution in [0.5, 0.6) is 0 Å². The molecule has 0 radical (unpaired) electrons. The molecule has 0 fully saturated rings. The Labute approximate surface area is 227 Å². The van der Waals surface area contributed by atoms with E-state index in [1.54, 1.807) is 12.1 Å². The lowest BCUT2D eigenvalue weighted by atomic mass is 10.0. The zero-order valence-corrected chi connectivity index (χ0v) is 23.7. The number of imidazole rings is 2. The van der Waals surface area contributed by atoms with Crippen molar-refractivity contribution in [3.05, 3.63) is 54.1 Å². The van der Waals surface area contributed by atoms with E-state index in [4.69, 9.17) is 19.8 Å². The molecule has 14 heteroatoms. The lowest BCUT2D eigenvalue weighted by Gasteiger charge is -2.12. The van der Waals surface area contributed by atoms with Crippen LogP contribution in [0.1, 0.15) is 26.1 Å². The summed E-state index contributed by atoms with van der Waals surface area (Å²) in [4.78, 5) is 9.44. The molecule has 0 atom stereocenters. The summed E-state index contributed by atoms with van der Waals surface area (Å²) in [5.41, 5.74) is 12.1. The normalized spacial score (nSPS) is 13.0. The minimum Gasteiger partial charge on any atom is -0.369 e. The predicted octanol–water partition coefficient (Wildman–Crippen LogP) is 3.90. The first-order chi connectivity index (χ1) is 18.0. The van der Waals surface area contributed by atoms with Crippen LogP contribution in [0.25, 0.3) is 33.5 Å². The molecular weight excluding hydrogens is 549 g/mol. The number of benzene rings is 2. The van der Waals surface area contributed by atoms with Gasteiger partial charge in [0.15, 0.2) is 0 Å². The Hall–Kier alpha value is -3.33. The number of nitrogen functional groups attached to an aromatic ring is 1. The molecule has 0 amide bonds. The van der Waals surface area contributed by atoms with Gasteiger partial charge in [0.2, 0.25) is 5.95 Å². The van der Waals surface area contributed by atoms with E-state index in [1.807, 2.05) is 6.07 Å². The van der Waals surface area contributed by atoms with Crippen molar-refractivity contribution in [2.24, 2.45) is 5.92 Å². The van der Waals surface area contributed by atoms with E-state index < -0.39 is 20.2 Å². The van der Waals surface area contributed by atoms with Crippen LogP contribution < -0.4 is 5.73 Å². The van der Waals surface area contributed by atoms with Crippen LogP contribution >= 0.6 is 0 Å². The van der Waals surface area contributed by atoms with Gasteiger partial charge in [-0.2, -0.15) is 16.8 Å². The Morgan fingerprint density at radius 1 is 0.974 bits per heavy atom. The van der Waals surface area contributed by atoms with E-state index in [0.29, 0.717) is 24.4 Å². The number of hydrogen-bond donors (Lipinski definition) is 3. The quantitative estimate of drug-likeness (QED) is 0.302. The number of aromatic nitrogens is 4. The molecule has 0 saturated heterocycles. The van der Waals surface area contributed by atoms with Crippen molar-refractivity contribution in [2.75, 3.05) is 18.2 Å². The summed E-state index contributed by atoms with van der Waals surface area (Å²) in [5.74, 6) is 1.86. The van der Waals surface area contributed by atoms with Gasteiger partial charge >= 0.3 is 0 Å². The van der Waals surface area contributed by atoms with Crippen molar-refractivity contribution >= 4 is 37.2 Å². The van der Waals surface area contributed by atoms with Crippen molar-refractivity contribution in [3.8, 4) is 22.5 Å². The van der Waals surface area contributed by atoms with E-state index in [2.05, 4.69) is 40.1 Å². The van der Waals surface area contributed by atoms with Gasteiger partial charge in [-0.15, -0.1) is 0 Å². The number of aryl methyl sites for hydroxylation is 1. The third-order valence-electron chi connectivity index (χ3n) is 5.55. The molecule has 2 aromatic heterocycles. The topological polar surface area (TPSA) is 170 Å². The summed E-state index contributed by atoms with van der Waals surface area (Å²) in [7, 11) is -7.33. The predicted molar refractivity (Wildman–Crippen MR) is 149 cm³/mol. The number of rotatable bonds is 4. The van der Waals surface area contributed by atoms with Crippen LogP contribution in [0.3, 0.4) is 0 Å². The van der Waals surface area contributed by atoms with Gasteiger partial charge in [0.25, 0.3) is 20.2 Å². The number of fused-ring (bicyclic) bond motifs is 2. The van der Waals surface area contributed by atoms with Gasteiger partial charge in [-0.25, -0.2) is 14.4 Å². The average Bonchev–Trinajstić information content (AvgIpc) is 3.45. The second kappa shape index (κ2) is 11.8. The van der Waals surface area contributed by atoms with Gasteiger partial charge in [0.1, 0.15) is 11.6 Å². The number of halogens is 1. The molecule has 5 rings (SSSR count). The number of hydrogen-bond acceptors (Lipinski definition) is 7. The smallest absolute Gasteiger partial charge is 0.261 e. The van der Waals surface area contributed by atoms with Crippen LogP contribution in [-0.4, -0.2) is 57.6 Å². The summed E-state index contributed by atoms with van der Waals surface area (Å²) in [5, 5.41) is 0. The molecule has 4 aromatic rings. The molecule has 0 saturated carbocycles. The van der Waals surface area contributed by atoms with Crippen molar-refractivity contribution in [1.82, 2.24) is 19.1 Å². The minimum atomic E-state index is -3.67. The molecule has 39 heavy (non-hydrogen) atoms. The Bertz CT molecular complexity index is 1630. The highest BCUT2D eigenvalue weighted by atomic mass is 32.2. The fourth-order valence-corrected chi connectivity index (χ4v) is 4.27. The second-order valence-corrected chi connectivity index (χ2v) is 12.6. The van der Waals surface area contributed by atoms with Crippen molar-refractivity contribution in [3.63, 3.8) is 0 Å². The van der Waals surface area contributed by atoms with Crippen molar-refractivity contribution in [2.45, 2.75) is 39.8 Å². The molecule has 212 valence electrons. The van der Waals surface area contributed by atoms with Crippen LogP contribution in [-0.2, 0) is 39.7 Å². The third kappa shape index (κ3) is 8.58. The summed E-state index contributed by atoms with van der Waals surface area (Å²) < 4.78 is 69.6. The zero-order chi connectivity index (χ0) is 29.1. The fraction of sp³-hybridized carbons (Fsp3) is 0.360. The van der Waals surface area contributed by atoms with E-state index in [-0.39, 0.29) is 5.82 Å². The van der Waals surface area contributed by atoms with E-state index in [1.165, 1.54) is 12.1 Å². The molecule has 1 aliphatic rings. The van der Waals surface area contributed by atoms with Gasteiger partial charge in [-0.1, -0.05) is 19.9 Å². The second-order valence-electron chi connectivity index (χ2n) is 9.63. The number of nitrogens with two attached hydrogens (primary N) is 1. The maximum Gasteiger partial charge on any atom is 0.261 e. The Morgan fingerprint density at radius 2 is 1.54 bits per heavy atom. The van der Waals surface area contributed by atoms with Gasteiger partial charge in [-0.05, 0) is 48.7 Å². The lowest BCUT2D eigenvalue weighted by molar-refractivity contribution is 0.488. The first-order valence-electron chi connectivity index (χ1n) is 12.0. The maximum absolute atomic E-state index is 13.5. The molecule has 0 aliphatic carbocycles. The van der Waals surface area contributed by atoms with Crippen molar-refractivity contribution < 1.29 is 30.3 Å². The Balaban J connectivity index is 0.000000362. The highest BCUT2D eigenvalue weighted by molar-refractivity contribution is 7.85. The molecule has 4 N–H and O–H groups in total. The molecule has 11 nitrogen and oxygen atoms in total. The van der Waals surface area contributed by atoms with Crippen LogP contribution in [0.4, 0.5) is 10.3 Å². The molecule has 0 unspecified atom stereocenters. The van der Waals surface area contributed by atoms with Gasteiger partial charge in [0.05, 0.1) is 34.9 Å². The fourth-order valence-electron chi connectivity index (χ4n) is 4.27. The number of nitrogens with zero attached hydrogens (tertiary/aromatic N) is 4. The summed E-state index contributed by atoms with van der Waals surface area (Å²) >= 11 is 0. The minimum absolute atomic E-state index is 0.239. The largest absolute Gasteiger partial charge is 0.369 e. The first kappa shape index (κ1) is 30.2. The highest BCUT2D eigenvalue weighted by Gasteiger charge is 2.24. The van der Waals surface area contributed by atoms with Crippen LogP contribution in [0, 0.1) is 11.7 Å². The molecule has 3 heterocycles. The van der Waals surface area contributed by atoms with Crippen LogP contribution in [0.2, 0.25) is 0 Å². The lowest BCUT2D eigenvalue weighted by Crippen LogP contribution is -2.08. The van der Waals surface area contributed by atoms with Crippen molar-refractivity contribution in [1.29, 1.82) is 0 Å². The molecular formula is C25H32FN5O6S2. The molecule has 0 spiro atoms. The maximum atomic E-state index is 13.5. The summed E-state index contributed by atoms with van der Waals surface area (Å²) in [6, 6.07) is 12.9. The van der Waals surface area contributed by atoms with E-state index in [0.717, 1.165) is 65.3 Å². The van der Waals surface area contributed by atoms with E-state index >= 15 is 0 Å². The van der Waals surface area contributed by atoms with E-state index in [9.17, 15) is 21.2 Å². The summed E-state index contributed by atoms with van der Waals surface area (Å²) in [6.45, 7) is 6.11. The highest BCUT2D eigenvalue weighted by Crippen LogP contribution is 2.37. The SMILES string of the molecule is CC(C)Cn1c(N)nc2ccc(-c3c(-c4ccc(F)cc4)nc4n3CCC4)cc21.CS(=O)(=O)O.CS(=O)(=O)O. The van der Waals surface area contributed by atoms with Crippen LogP contribution in [0.15, 0.2) is 42.5 Å². The summed E-state index contributed by atoms with van der Waals surface area (Å²) in [6.07, 6.45) is 3.49. The first-order valence-corrected chi connectivity index (χ1v) is 15.7. The monoisotopic (exact) mass is 581 g/mol. The van der Waals surface area contributed by atoms with Gasteiger partial charge in [0, 0.05) is 30.6 Å². The number of anilines is 1. The third-order valence-corrected chi connectivity index (χ3v) is 5.55. The Morgan fingerprint density at radius 3 is 2.10 bits per heavy atom. The Kier molecular flexibility index (Phi) is 9.16. The average molecular weight is 582 g/mol. The molecule has 2 aromatic carbocycles. The molecule has 1 aliphatic heterocycles.